The van der Waals surface area contributed by atoms with Crippen LogP contribution in [0.5, 0.6) is 5.75 Å². The third-order valence-electron chi connectivity index (χ3n) is 2.94. The van der Waals surface area contributed by atoms with E-state index < -0.39 is 7.12 Å². The number of aliphatic hydroxyl groups is 1. The van der Waals surface area contributed by atoms with Crippen LogP contribution in [0, 0.1) is 6.92 Å². The summed E-state index contributed by atoms with van der Waals surface area (Å²) in [6, 6.07) is 3.72. The highest BCUT2D eigenvalue weighted by molar-refractivity contribution is 6.63. The molecule has 0 amide bonds. The lowest BCUT2D eigenvalue weighted by Crippen LogP contribution is -2.53. The van der Waals surface area contributed by atoms with Crippen LogP contribution in [-0.4, -0.2) is 37.0 Å². The fourth-order valence-electron chi connectivity index (χ4n) is 2.19. The zero-order valence-electron chi connectivity index (χ0n) is 9.85. The smallest absolute Gasteiger partial charge is 0.492 e. The molecule has 17 heavy (non-hydrogen) atoms. The molecule has 1 aromatic rings. The number of hydrogen-bond acceptors (Lipinski definition) is 4. The van der Waals surface area contributed by atoms with Gasteiger partial charge in [0.05, 0.1) is 6.61 Å². The van der Waals surface area contributed by atoms with Crippen LogP contribution in [0.4, 0.5) is 0 Å². The van der Waals surface area contributed by atoms with Gasteiger partial charge in [-0.3, -0.25) is 0 Å². The summed E-state index contributed by atoms with van der Waals surface area (Å²) >= 11 is 0. The topological polar surface area (TPSA) is 86.6 Å². The summed E-state index contributed by atoms with van der Waals surface area (Å²) in [5, 5.41) is 18.7. The number of fused-ring (bicyclic) bond motifs is 1. The van der Waals surface area contributed by atoms with Crippen LogP contribution >= 0.6 is 0 Å². The SMILES string of the molecule is Cc1ccc(OCCO)c2c1C(C[NH3+])OB2O. The Hall–Kier alpha value is -1.08. The number of ether oxygens (including phenoxy) is 1. The molecule has 1 atom stereocenters. The summed E-state index contributed by atoms with van der Waals surface area (Å²) in [5.41, 5.74) is 6.51. The molecule has 2 rings (SSSR count). The average molecular weight is 238 g/mol. The molecule has 0 saturated carbocycles. The number of aryl methyl sites for hydroxylation is 1. The second-order valence-electron chi connectivity index (χ2n) is 4.05. The largest absolute Gasteiger partial charge is 0.496 e. The number of aliphatic hydroxyl groups excluding tert-OH is 1. The van der Waals surface area contributed by atoms with E-state index in [9.17, 15) is 5.02 Å². The molecule has 1 aliphatic heterocycles. The van der Waals surface area contributed by atoms with Crippen molar-refractivity contribution < 1.29 is 25.3 Å². The van der Waals surface area contributed by atoms with E-state index in [4.69, 9.17) is 14.5 Å². The first kappa shape index (κ1) is 12.4. The third-order valence-corrected chi connectivity index (χ3v) is 2.94. The van der Waals surface area contributed by atoms with Gasteiger partial charge in [-0.1, -0.05) is 6.07 Å². The standard InChI is InChI=1S/C11H16BNO4/c1-7-2-3-8(16-5-4-14)11-10(7)9(6-13)17-12(11)15/h2-3,9,14-15H,4-6,13H2,1H3/p+1. The van der Waals surface area contributed by atoms with Crippen molar-refractivity contribution in [2.24, 2.45) is 0 Å². The van der Waals surface area contributed by atoms with Gasteiger partial charge in [0.2, 0.25) is 0 Å². The summed E-state index contributed by atoms with van der Waals surface area (Å²) in [7, 11) is -0.967. The molecule has 92 valence electrons. The Balaban J connectivity index is 2.42. The normalized spacial score (nSPS) is 18.4. The average Bonchev–Trinajstić information content (AvgIpc) is 2.67. The van der Waals surface area contributed by atoms with Crippen molar-refractivity contribution in [2.45, 2.75) is 13.0 Å². The van der Waals surface area contributed by atoms with Crippen molar-refractivity contribution in [1.82, 2.24) is 0 Å². The lowest BCUT2D eigenvalue weighted by Gasteiger charge is -2.12. The van der Waals surface area contributed by atoms with E-state index in [0.29, 0.717) is 17.8 Å². The summed E-state index contributed by atoms with van der Waals surface area (Å²) in [4.78, 5) is 0. The van der Waals surface area contributed by atoms with Crippen LogP contribution in [0.25, 0.3) is 0 Å². The molecular formula is C11H17BNO4+. The molecule has 0 aromatic heterocycles. The molecule has 0 radical (unpaired) electrons. The second kappa shape index (κ2) is 5.06. The summed E-state index contributed by atoms with van der Waals surface area (Å²) < 4.78 is 10.8. The van der Waals surface area contributed by atoms with E-state index >= 15 is 0 Å². The lowest BCUT2D eigenvalue weighted by molar-refractivity contribution is -0.383. The Morgan fingerprint density at radius 3 is 2.94 bits per heavy atom. The first-order valence-corrected chi connectivity index (χ1v) is 5.68. The molecule has 5 N–H and O–H groups in total. The van der Waals surface area contributed by atoms with Crippen molar-refractivity contribution in [3.63, 3.8) is 0 Å². The monoisotopic (exact) mass is 238 g/mol. The van der Waals surface area contributed by atoms with Crippen molar-refractivity contribution >= 4 is 12.6 Å². The van der Waals surface area contributed by atoms with Crippen LogP contribution in [-0.2, 0) is 4.65 Å². The predicted octanol–water partition coefficient (Wildman–Crippen LogP) is -1.63. The highest BCUT2D eigenvalue weighted by Gasteiger charge is 2.39. The quantitative estimate of drug-likeness (QED) is 0.549. The van der Waals surface area contributed by atoms with E-state index in [0.717, 1.165) is 11.1 Å². The van der Waals surface area contributed by atoms with Crippen molar-refractivity contribution in [3.05, 3.63) is 23.3 Å². The molecule has 0 bridgehead atoms. The molecule has 6 heteroatoms. The van der Waals surface area contributed by atoms with Gasteiger partial charge >= 0.3 is 7.12 Å². The molecule has 5 nitrogen and oxygen atoms in total. The third kappa shape index (κ3) is 2.17. The van der Waals surface area contributed by atoms with Gasteiger partial charge in [-0.05, 0) is 24.1 Å². The second-order valence-corrected chi connectivity index (χ2v) is 4.05. The van der Waals surface area contributed by atoms with Gasteiger partial charge in [0.1, 0.15) is 25.0 Å². The number of hydrogen-bond donors (Lipinski definition) is 3. The minimum absolute atomic E-state index is 0.0572. The van der Waals surface area contributed by atoms with Gasteiger partial charge in [0.25, 0.3) is 0 Å². The van der Waals surface area contributed by atoms with Gasteiger partial charge in [0, 0.05) is 5.46 Å². The predicted molar refractivity (Wildman–Crippen MR) is 62.9 cm³/mol. The maximum atomic E-state index is 9.89. The highest BCUT2D eigenvalue weighted by Crippen LogP contribution is 2.29. The molecule has 1 unspecified atom stereocenters. The molecule has 1 aliphatic rings. The first-order valence-electron chi connectivity index (χ1n) is 5.68. The highest BCUT2D eigenvalue weighted by atomic mass is 16.5. The molecule has 1 aromatic carbocycles. The fourth-order valence-corrected chi connectivity index (χ4v) is 2.19. The number of benzene rings is 1. The zero-order valence-corrected chi connectivity index (χ0v) is 9.85. The molecule has 0 aliphatic carbocycles. The van der Waals surface area contributed by atoms with Gasteiger partial charge in [-0.2, -0.15) is 0 Å². The van der Waals surface area contributed by atoms with E-state index in [2.05, 4.69) is 5.73 Å². The summed E-state index contributed by atoms with van der Waals surface area (Å²) in [6.07, 6.45) is -0.183. The molecular weight excluding hydrogens is 221 g/mol. The lowest BCUT2D eigenvalue weighted by atomic mass is 9.77. The molecule has 0 spiro atoms. The molecule has 0 saturated heterocycles. The van der Waals surface area contributed by atoms with E-state index in [1.165, 1.54) is 0 Å². The zero-order chi connectivity index (χ0) is 12.4. The van der Waals surface area contributed by atoms with Crippen LogP contribution in [0.3, 0.4) is 0 Å². The van der Waals surface area contributed by atoms with E-state index in [1.54, 1.807) is 6.07 Å². The van der Waals surface area contributed by atoms with Gasteiger partial charge in [-0.25, -0.2) is 0 Å². The van der Waals surface area contributed by atoms with Crippen molar-refractivity contribution in [3.8, 4) is 5.75 Å². The Kier molecular flexibility index (Phi) is 3.68. The van der Waals surface area contributed by atoms with Gasteiger partial charge in [-0.15, -0.1) is 0 Å². The van der Waals surface area contributed by atoms with Crippen molar-refractivity contribution in [2.75, 3.05) is 19.8 Å². The minimum atomic E-state index is -0.967. The molecule has 1 heterocycles. The Morgan fingerprint density at radius 1 is 1.53 bits per heavy atom. The van der Waals surface area contributed by atoms with E-state index in [1.807, 2.05) is 13.0 Å². The van der Waals surface area contributed by atoms with Crippen LogP contribution in [0.1, 0.15) is 17.2 Å². The summed E-state index contributed by atoms with van der Waals surface area (Å²) in [6.45, 7) is 2.68. The van der Waals surface area contributed by atoms with Crippen molar-refractivity contribution in [1.29, 1.82) is 0 Å². The molecule has 0 fully saturated rings. The Bertz CT molecular complexity index is 413. The van der Waals surface area contributed by atoms with Crippen LogP contribution in [0.15, 0.2) is 12.1 Å². The van der Waals surface area contributed by atoms with Gasteiger partial charge in [0.15, 0.2) is 0 Å². The first-order chi connectivity index (χ1) is 8.19. The number of quaternary nitrogens is 1. The Morgan fingerprint density at radius 2 is 2.29 bits per heavy atom. The van der Waals surface area contributed by atoms with Crippen LogP contribution < -0.4 is 15.9 Å². The minimum Gasteiger partial charge on any atom is -0.492 e. The van der Waals surface area contributed by atoms with Gasteiger partial charge < -0.3 is 25.3 Å². The Labute approximate surface area is 100 Å². The maximum Gasteiger partial charge on any atom is 0.496 e. The number of rotatable bonds is 4. The van der Waals surface area contributed by atoms with E-state index in [-0.39, 0.29) is 19.3 Å². The fraction of sp³-hybridized carbons (Fsp3) is 0.455. The van der Waals surface area contributed by atoms with Crippen LogP contribution in [0.2, 0.25) is 0 Å². The maximum absolute atomic E-state index is 9.89. The summed E-state index contributed by atoms with van der Waals surface area (Å²) in [5.74, 6) is 0.572.